The fourth-order valence-electron chi connectivity index (χ4n) is 4.10. The Morgan fingerprint density at radius 3 is 1.79 bits per heavy atom. The van der Waals surface area contributed by atoms with Crippen LogP contribution in [0.4, 0.5) is 0 Å². The van der Waals surface area contributed by atoms with Gasteiger partial charge in [0, 0.05) is 39.4 Å². The van der Waals surface area contributed by atoms with Crippen LogP contribution in [0.15, 0.2) is 0 Å². The highest BCUT2D eigenvalue weighted by Gasteiger charge is 2.35. The smallest absolute Gasteiger partial charge is 0.321 e. The summed E-state index contributed by atoms with van der Waals surface area (Å²) in [5, 5.41) is 0. The van der Waals surface area contributed by atoms with Gasteiger partial charge in [0.15, 0.2) is 0 Å². The van der Waals surface area contributed by atoms with Crippen molar-refractivity contribution in [3.8, 4) is 0 Å². The van der Waals surface area contributed by atoms with Crippen LogP contribution in [0.1, 0.15) is 47.5 Å². The molecule has 0 aromatic carbocycles. The zero-order valence-electron chi connectivity index (χ0n) is 17.0. The van der Waals surface area contributed by atoms with Gasteiger partial charge in [0.05, 0.1) is 0 Å². The lowest BCUT2D eigenvalue weighted by Gasteiger charge is -2.46. The lowest BCUT2D eigenvalue weighted by atomic mass is 10.3. The summed E-state index contributed by atoms with van der Waals surface area (Å²) in [7, 11) is -2.51. The van der Waals surface area contributed by atoms with Crippen molar-refractivity contribution in [2.45, 2.75) is 71.6 Å². The molecule has 0 N–H and O–H groups in total. The van der Waals surface area contributed by atoms with Gasteiger partial charge < -0.3 is 18.3 Å². The van der Waals surface area contributed by atoms with E-state index in [1.807, 2.05) is 0 Å². The molecular formula is C18H42N2O2Si2. The molecule has 144 valence electrons. The van der Waals surface area contributed by atoms with Gasteiger partial charge in [-0.25, -0.2) is 0 Å². The minimum Gasteiger partial charge on any atom is -0.397 e. The maximum Gasteiger partial charge on any atom is 0.321 e. The van der Waals surface area contributed by atoms with Gasteiger partial charge in [0.2, 0.25) is 0 Å². The lowest BCUT2D eigenvalue weighted by molar-refractivity contribution is 0.178. The Labute approximate surface area is 153 Å². The monoisotopic (exact) mass is 374 g/mol. The fourth-order valence-corrected chi connectivity index (χ4v) is 9.89. The van der Waals surface area contributed by atoms with E-state index in [0.717, 1.165) is 13.2 Å². The summed E-state index contributed by atoms with van der Waals surface area (Å²) in [6, 6.07) is 5.42. The third kappa shape index (κ3) is 6.88. The van der Waals surface area contributed by atoms with E-state index in [0.29, 0.717) is 0 Å². The first-order valence-electron chi connectivity index (χ1n) is 10.4. The van der Waals surface area contributed by atoms with Gasteiger partial charge in [0.1, 0.15) is 8.24 Å². The molecule has 6 heteroatoms. The third-order valence-electron chi connectivity index (χ3n) is 5.89. The standard InChI is InChI=1S/C18H42N2O2Si2/c1-6-21-23(22-7-2)18-12-11-13-19-14-16-20(17-15-19)24(8-3,9-4)10-5/h23H,6-18H2,1-5H3. The Balaban J connectivity index is 2.24. The van der Waals surface area contributed by atoms with Crippen LogP contribution in [-0.2, 0) is 8.85 Å². The first kappa shape index (κ1) is 22.3. The molecule has 0 amide bonds. The van der Waals surface area contributed by atoms with Crippen LogP contribution < -0.4 is 0 Å². The van der Waals surface area contributed by atoms with Crippen molar-refractivity contribution < 1.29 is 8.85 Å². The molecular weight excluding hydrogens is 332 g/mol. The Morgan fingerprint density at radius 2 is 1.33 bits per heavy atom. The van der Waals surface area contributed by atoms with E-state index in [2.05, 4.69) is 44.1 Å². The molecule has 0 saturated carbocycles. The van der Waals surface area contributed by atoms with Gasteiger partial charge in [-0.2, -0.15) is 0 Å². The van der Waals surface area contributed by atoms with E-state index in [-0.39, 0.29) is 0 Å². The van der Waals surface area contributed by atoms with Gasteiger partial charge in [-0.15, -0.1) is 0 Å². The van der Waals surface area contributed by atoms with E-state index < -0.39 is 17.5 Å². The van der Waals surface area contributed by atoms with E-state index in [4.69, 9.17) is 8.85 Å². The number of nitrogens with zero attached hydrogens (tertiary/aromatic N) is 2. The van der Waals surface area contributed by atoms with Gasteiger partial charge in [-0.1, -0.05) is 27.2 Å². The largest absolute Gasteiger partial charge is 0.397 e. The zero-order chi connectivity index (χ0) is 17.8. The van der Waals surface area contributed by atoms with Crippen LogP contribution in [0.5, 0.6) is 0 Å². The summed E-state index contributed by atoms with van der Waals surface area (Å²) >= 11 is 0. The molecule has 1 aliphatic rings. The summed E-state index contributed by atoms with van der Waals surface area (Å²) in [5.74, 6) is 0. The van der Waals surface area contributed by atoms with E-state index in [9.17, 15) is 0 Å². The van der Waals surface area contributed by atoms with Crippen molar-refractivity contribution in [3.63, 3.8) is 0 Å². The van der Waals surface area contributed by atoms with Crippen molar-refractivity contribution in [2.75, 3.05) is 45.9 Å². The molecule has 0 bridgehead atoms. The van der Waals surface area contributed by atoms with Crippen LogP contribution in [0.2, 0.25) is 24.2 Å². The average Bonchev–Trinajstić information content (AvgIpc) is 2.62. The maximum atomic E-state index is 5.76. The molecule has 0 atom stereocenters. The van der Waals surface area contributed by atoms with Crippen molar-refractivity contribution in [3.05, 3.63) is 0 Å². The minimum absolute atomic E-state index is 0.802. The number of unbranched alkanes of at least 4 members (excludes halogenated alkanes) is 1. The summed E-state index contributed by atoms with van der Waals surface area (Å²) in [5.41, 5.74) is 0. The molecule has 1 saturated heterocycles. The Bertz CT molecular complexity index is 295. The maximum absolute atomic E-state index is 5.76. The first-order chi connectivity index (χ1) is 11.7. The molecule has 1 heterocycles. The van der Waals surface area contributed by atoms with Gasteiger partial charge in [-0.3, -0.25) is 0 Å². The third-order valence-corrected chi connectivity index (χ3v) is 13.9. The number of hydrogen-bond acceptors (Lipinski definition) is 4. The molecule has 0 spiro atoms. The van der Waals surface area contributed by atoms with Gasteiger partial charge in [-0.05, 0) is 51.0 Å². The second kappa shape index (κ2) is 12.6. The number of rotatable bonds is 13. The average molecular weight is 375 g/mol. The fraction of sp³-hybridized carbons (Fsp3) is 1.00. The highest BCUT2D eigenvalue weighted by atomic mass is 28.3. The quantitative estimate of drug-likeness (QED) is 0.363. The van der Waals surface area contributed by atoms with Crippen LogP contribution >= 0.6 is 0 Å². The molecule has 0 aromatic heterocycles. The molecule has 0 aromatic rings. The van der Waals surface area contributed by atoms with Gasteiger partial charge >= 0.3 is 9.28 Å². The minimum atomic E-state index is -1.38. The molecule has 1 rings (SSSR count). The van der Waals surface area contributed by atoms with Crippen molar-refractivity contribution in [1.29, 1.82) is 0 Å². The first-order valence-corrected chi connectivity index (χ1v) is 14.7. The van der Waals surface area contributed by atoms with Crippen LogP contribution in [-0.4, -0.2) is 72.9 Å². The highest BCUT2D eigenvalue weighted by Crippen LogP contribution is 2.26. The highest BCUT2D eigenvalue weighted by molar-refractivity contribution is 6.77. The normalized spacial score (nSPS) is 17.8. The topological polar surface area (TPSA) is 24.9 Å². The molecule has 4 nitrogen and oxygen atoms in total. The van der Waals surface area contributed by atoms with Crippen molar-refractivity contribution in [2.24, 2.45) is 0 Å². The number of piperazine rings is 1. The predicted molar refractivity (Wildman–Crippen MR) is 110 cm³/mol. The van der Waals surface area contributed by atoms with Crippen molar-refractivity contribution in [1.82, 2.24) is 9.47 Å². The SMILES string of the molecule is CCO[SiH](CCCCN1CCN([Si](CC)(CC)CC)CC1)OCC. The molecule has 24 heavy (non-hydrogen) atoms. The van der Waals surface area contributed by atoms with Crippen LogP contribution in [0, 0.1) is 0 Å². The van der Waals surface area contributed by atoms with E-state index in [1.54, 1.807) is 0 Å². The molecule has 0 aliphatic carbocycles. The van der Waals surface area contributed by atoms with Gasteiger partial charge in [0.25, 0.3) is 0 Å². The summed E-state index contributed by atoms with van der Waals surface area (Å²) in [6.45, 7) is 19.4. The van der Waals surface area contributed by atoms with Crippen molar-refractivity contribution >= 4 is 17.5 Å². The Hall–Kier alpha value is 0.274. The molecule has 0 unspecified atom stereocenters. The van der Waals surface area contributed by atoms with E-state index in [1.165, 1.54) is 69.7 Å². The predicted octanol–water partition coefficient (Wildman–Crippen LogP) is 3.68. The second-order valence-corrected chi connectivity index (χ2v) is 14.3. The van der Waals surface area contributed by atoms with Crippen LogP contribution in [0.3, 0.4) is 0 Å². The zero-order valence-corrected chi connectivity index (χ0v) is 19.1. The second-order valence-electron chi connectivity index (χ2n) is 6.95. The molecule has 1 aliphatic heterocycles. The Kier molecular flexibility index (Phi) is 11.7. The van der Waals surface area contributed by atoms with Crippen LogP contribution in [0.25, 0.3) is 0 Å². The lowest BCUT2D eigenvalue weighted by Crippen LogP contribution is -2.59. The number of hydrogen-bond donors (Lipinski definition) is 0. The summed E-state index contributed by atoms with van der Waals surface area (Å²) < 4.78 is 14.4. The molecule has 0 radical (unpaired) electrons. The summed E-state index contributed by atoms with van der Waals surface area (Å²) in [6.07, 6.45) is 2.55. The Morgan fingerprint density at radius 1 is 0.792 bits per heavy atom. The van der Waals surface area contributed by atoms with E-state index >= 15 is 0 Å². The summed E-state index contributed by atoms with van der Waals surface area (Å²) in [4.78, 5) is 2.68. The molecule has 1 fully saturated rings.